The summed E-state index contributed by atoms with van der Waals surface area (Å²) in [4.78, 5) is 12.5. The van der Waals surface area contributed by atoms with Crippen molar-refractivity contribution in [2.24, 2.45) is 0 Å². The molecule has 2 aromatic rings. The largest absolute Gasteiger partial charge is 0.349 e. The Hall–Kier alpha value is -1.85. The number of carbonyl (C=O) groups excluding carboxylic acids is 1. The Morgan fingerprint density at radius 1 is 1.08 bits per heavy atom. The van der Waals surface area contributed by atoms with Gasteiger partial charge in [0, 0.05) is 16.6 Å². The van der Waals surface area contributed by atoms with Gasteiger partial charge < -0.3 is 5.32 Å². The van der Waals surface area contributed by atoms with Crippen LogP contribution in [0.3, 0.4) is 0 Å². The van der Waals surface area contributed by atoms with E-state index in [1.54, 1.807) is 54.6 Å². The molecule has 6 heteroatoms. The maximum absolute atomic E-state index is 12.3. The minimum atomic E-state index is -3.34. The van der Waals surface area contributed by atoms with E-state index in [1.165, 1.54) is 0 Å². The fourth-order valence-corrected chi connectivity index (χ4v) is 3.82. The third-order valence-corrected chi connectivity index (χ3v) is 5.79. The lowest BCUT2D eigenvalue weighted by Crippen LogP contribution is -2.35. The molecule has 24 heavy (non-hydrogen) atoms. The summed E-state index contributed by atoms with van der Waals surface area (Å²) < 4.78 is 24.6. The molecule has 0 aromatic heterocycles. The highest BCUT2D eigenvalue weighted by Gasteiger charge is 2.18. The summed E-state index contributed by atoms with van der Waals surface area (Å²) in [6, 6.07) is 14.7. The molecule has 0 saturated carbocycles. The van der Waals surface area contributed by atoms with E-state index in [1.807, 2.05) is 6.92 Å². The number of rotatable bonds is 7. The van der Waals surface area contributed by atoms with E-state index in [2.05, 4.69) is 5.32 Å². The van der Waals surface area contributed by atoms with Crippen LogP contribution in [0.4, 0.5) is 0 Å². The molecule has 0 bridgehead atoms. The van der Waals surface area contributed by atoms with Crippen molar-refractivity contribution in [1.82, 2.24) is 5.32 Å². The minimum Gasteiger partial charge on any atom is -0.349 e. The van der Waals surface area contributed by atoms with Gasteiger partial charge in [-0.25, -0.2) is 8.42 Å². The number of hydrogen-bond acceptors (Lipinski definition) is 3. The van der Waals surface area contributed by atoms with Crippen molar-refractivity contribution in [3.05, 3.63) is 65.2 Å². The van der Waals surface area contributed by atoms with Crippen molar-refractivity contribution in [2.45, 2.75) is 30.7 Å². The van der Waals surface area contributed by atoms with Crippen LogP contribution in [0, 0.1) is 0 Å². The van der Waals surface area contributed by atoms with E-state index in [0.717, 1.165) is 0 Å². The maximum Gasteiger partial charge on any atom is 0.251 e. The maximum atomic E-state index is 12.3. The standard InChI is InChI=1S/C18H20ClNO3S/c1-2-16(20-18(21)14-8-10-15(19)11-9-14)12-13-24(22,23)17-6-4-3-5-7-17/h3-11,16H,2,12-13H2,1H3,(H,20,21)/t16-/m0/s1. The van der Waals surface area contributed by atoms with Crippen LogP contribution >= 0.6 is 11.6 Å². The smallest absolute Gasteiger partial charge is 0.251 e. The molecule has 0 aliphatic carbocycles. The van der Waals surface area contributed by atoms with Gasteiger partial charge in [-0.05, 0) is 49.2 Å². The van der Waals surface area contributed by atoms with Gasteiger partial charge in [0.1, 0.15) is 0 Å². The van der Waals surface area contributed by atoms with Gasteiger partial charge in [0.15, 0.2) is 9.84 Å². The summed E-state index contributed by atoms with van der Waals surface area (Å²) >= 11 is 5.81. The highest BCUT2D eigenvalue weighted by atomic mass is 35.5. The molecule has 2 rings (SSSR count). The molecule has 0 aliphatic rings. The van der Waals surface area contributed by atoms with Crippen LogP contribution in [0.5, 0.6) is 0 Å². The van der Waals surface area contributed by atoms with Gasteiger partial charge in [0.2, 0.25) is 0 Å². The van der Waals surface area contributed by atoms with E-state index in [0.29, 0.717) is 28.3 Å². The average molecular weight is 366 g/mol. The van der Waals surface area contributed by atoms with Gasteiger partial charge >= 0.3 is 0 Å². The Bertz CT molecular complexity index is 774. The van der Waals surface area contributed by atoms with Crippen molar-refractivity contribution in [3.8, 4) is 0 Å². The lowest BCUT2D eigenvalue weighted by molar-refractivity contribution is 0.0935. The molecular formula is C18H20ClNO3S. The number of hydrogen-bond donors (Lipinski definition) is 1. The first-order valence-electron chi connectivity index (χ1n) is 7.76. The lowest BCUT2D eigenvalue weighted by Gasteiger charge is -2.17. The average Bonchev–Trinajstić information content (AvgIpc) is 2.59. The molecule has 0 spiro atoms. The van der Waals surface area contributed by atoms with Crippen molar-refractivity contribution >= 4 is 27.3 Å². The molecule has 1 atom stereocenters. The van der Waals surface area contributed by atoms with Gasteiger partial charge in [-0.2, -0.15) is 0 Å². The van der Waals surface area contributed by atoms with Crippen molar-refractivity contribution < 1.29 is 13.2 Å². The van der Waals surface area contributed by atoms with E-state index >= 15 is 0 Å². The molecule has 1 N–H and O–H groups in total. The minimum absolute atomic E-state index is 0.00355. The first-order chi connectivity index (χ1) is 11.4. The monoisotopic (exact) mass is 365 g/mol. The fourth-order valence-electron chi connectivity index (χ4n) is 2.29. The quantitative estimate of drug-likeness (QED) is 0.813. The lowest BCUT2D eigenvalue weighted by atomic mass is 10.1. The molecule has 0 unspecified atom stereocenters. The van der Waals surface area contributed by atoms with E-state index in [9.17, 15) is 13.2 Å². The second-order valence-electron chi connectivity index (χ2n) is 5.51. The number of carbonyl (C=O) groups is 1. The van der Waals surface area contributed by atoms with Gasteiger partial charge in [-0.3, -0.25) is 4.79 Å². The van der Waals surface area contributed by atoms with Crippen LogP contribution in [0.2, 0.25) is 5.02 Å². The predicted molar refractivity (Wildman–Crippen MR) is 96.1 cm³/mol. The molecule has 0 fully saturated rings. The summed E-state index contributed by atoms with van der Waals surface area (Å²) in [6.45, 7) is 1.92. The molecule has 0 radical (unpaired) electrons. The number of sulfone groups is 1. The van der Waals surface area contributed by atoms with Crippen molar-refractivity contribution in [1.29, 1.82) is 0 Å². The second kappa shape index (κ2) is 8.31. The zero-order chi connectivity index (χ0) is 17.6. The topological polar surface area (TPSA) is 63.2 Å². The second-order valence-corrected chi connectivity index (χ2v) is 8.05. The Morgan fingerprint density at radius 2 is 1.71 bits per heavy atom. The number of amides is 1. The van der Waals surface area contributed by atoms with Crippen LogP contribution < -0.4 is 5.32 Å². The predicted octanol–water partition coefficient (Wildman–Crippen LogP) is 3.71. The zero-order valence-corrected chi connectivity index (χ0v) is 15.0. The van der Waals surface area contributed by atoms with Crippen LogP contribution in [0.25, 0.3) is 0 Å². The van der Waals surface area contributed by atoms with Gasteiger partial charge in [0.05, 0.1) is 10.6 Å². The third-order valence-electron chi connectivity index (χ3n) is 3.77. The van der Waals surface area contributed by atoms with Crippen LogP contribution in [-0.4, -0.2) is 26.1 Å². The Morgan fingerprint density at radius 3 is 2.29 bits per heavy atom. The van der Waals surface area contributed by atoms with E-state index in [-0.39, 0.29) is 17.7 Å². The first-order valence-corrected chi connectivity index (χ1v) is 9.79. The molecule has 4 nitrogen and oxygen atoms in total. The van der Waals surface area contributed by atoms with E-state index < -0.39 is 9.84 Å². The Balaban J connectivity index is 1.97. The van der Waals surface area contributed by atoms with Crippen LogP contribution in [-0.2, 0) is 9.84 Å². The summed E-state index contributed by atoms with van der Waals surface area (Å²) in [7, 11) is -3.34. The molecule has 1 amide bonds. The third kappa shape index (κ3) is 5.08. The van der Waals surface area contributed by atoms with Gasteiger partial charge in [-0.15, -0.1) is 0 Å². The Kier molecular flexibility index (Phi) is 6.40. The van der Waals surface area contributed by atoms with Crippen molar-refractivity contribution in [3.63, 3.8) is 0 Å². The van der Waals surface area contributed by atoms with Gasteiger partial charge in [-0.1, -0.05) is 36.7 Å². The molecule has 0 saturated heterocycles. The molecule has 2 aromatic carbocycles. The zero-order valence-electron chi connectivity index (χ0n) is 13.4. The van der Waals surface area contributed by atoms with Crippen LogP contribution in [0.1, 0.15) is 30.1 Å². The number of benzene rings is 2. The summed E-state index contributed by atoms with van der Waals surface area (Å²) in [6.07, 6.45) is 1.02. The highest BCUT2D eigenvalue weighted by molar-refractivity contribution is 7.91. The highest BCUT2D eigenvalue weighted by Crippen LogP contribution is 2.14. The molecular weight excluding hydrogens is 346 g/mol. The van der Waals surface area contributed by atoms with Crippen molar-refractivity contribution in [2.75, 3.05) is 5.75 Å². The SMILES string of the molecule is CC[C@@H](CCS(=O)(=O)c1ccccc1)NC(=O)c1ccc(Cl)cc1. The summed E-state index contributed by atoms with van der Waals surface area (Å²) in [5.74, 6) is -0.230. The van der Waals surface area contributed by atoms with Gasteiger partial charge in [0.25, 0.3) is 5.91 Å². The summed E-state index contributed by atoms with van der Waals surface area (Å²) in [5.41, 5.74) is 0.503. The number of nitrogens with one attached hydrogen (secondary N) is 1. The molecule has 128 valence electrons. The van der Waals surface area contributed by atoms with E-state index in [4.69, 9.17) is 11.6 Å². The normalized spacial score (nSPS) is 12.6. The fraction of sp³-hybridized carbons (Fsp3) is 0.278. The Labute approximate surface area is 147 Å². The van der Waals surface area contributed by atoms with Crippen LogP contribution in [0.15, 0.2) is 59.5 Å². The molecule has 0 aliphatic heterocycles. The first kappa shape index (κ1) is 18.5. The number of halogens is 1. The molecule has 0 heterocycles. The summed E-state index contributed by atoms with van der Waals surface area (Å²) in [5, 5.41) is 3.44.